The second-order valence-electron chi connectivity index (χ2n) is 4.79. The molecule has 2 nitrogen and oxygen atoms in total. The third kappa shape index (κ3) is 2.84. The van der Waals surface area contributed by atoms with Gasteiger partial charge in [0.2, 0.25) is 0 Å². The van der Waals surface area contributed by atoms with Crippen LogP contribution in [-0.2, 0) is 12.1 Å². The predicted molar refractivity (Wildman–Crippen MR) is 90.3 cm³/mol. The van der Waals surface area contributed by atoms with Crippen LogP contribution in [0.5, 0.6) is 0 Å². The minimum Gasteiger partial charge on any atom is -0.257 e. The van der Waals surface area contributed by atoms with Crippen LogP contribution in [0.2, 0.25) is 15.1 Å². The highest BCUT2D eigenvalue weighted by Gasteiger charge is 2.32. The fourth-order valence-corrected chi connectivity index (χ4v) is 3.03. The molecule has 0 amide bonds. The average molecular weight is 338 g/mol. The standard InChI is InChI=1S/C16H11Cl3N2/c17-13-8-11(9-14(18)15(13)19)10-16(20-6-7-21-16)12-4-2-1-3-5-12/h1-9H,10H2. The van der Waals surface area contributed by atoms with E-state index in [1.165, 1.54) is 0 Å². The Balaban J connectivity index is 2.02. The van der Waals surface area contributed by atoms with Crippen LogP contribution < -0.4 is 0 Å². The van der Waals surface area contributed by atoms with Crippen molar-refractivity contribution in [2.24, 2.45) is 9.98 Å². The van der Waals surface area contributed by atoms with Crippen LogP contribution in [0.4, 0.5) is 0 Å². The zero-order chi connectivity index (χ0) is 14.9. The van der Waals surface area contributed by atoms with Crippen molar-refractivity contribution in [2.45, 2.75) is 12.1 Å². The molecule has 2 aromatic rings. The van der Waals surface area contributed by atoms with Crippen LogP contribution >= 0.6 is 34.8 Å². The third-order valence-electron chi connectivity index (χ3n) is 3.37. The van der Waals surface area contributed by atoms with Crippen molar-refractivity contribution < 1.29 is 0 Å². The molecule has 21 heavy (non-hydrogen) atoms. The van der Waals surface area contributed by atoms with Gasteiger partial charge in [0.05, 0.1) is 15.1 Å². The molecule has 0 saturated heterocycles. The van der Waals surface area contributed by atoms with Crippen molar-refractivity contribution in [1.29, 1.82) is 0 Å². The number of hydrogen-bond donors (Lipinski definition) is 0. The lowest BCUT2D eigenvalue weighted by atomic mass is 9.93. The highest BCUT2D eigenvalue weighted by atomic mass is 35.5. The van der Waals surface area contributed by atoms with Gasteiger partial charge in [0, 0.05) is 24.4 Å². The maximum absolute atomic E-state index is 6.10. The largest absolute Gasteiger partial charge is 0.257 e. The monoisotopic (exact) mass is 336 g/mol. The molecular formula is C16H11Cl3N2. The minimum atomic E-state index is -0.651. The van der Waals surface area contributed by atoms with E-state index in [-0.39, 0.29) is 0 Å². The molecule has 0 radical (unpaired) electrons. The van der Waals surface area contributed by atoms with Gasteiger partial charge in [-0.05, 0) is 17.7 Å². The Bertz CT molecular complexity index is 689. The van der Waals surface area contributed by atoms with Crippen LogP contribution in [0.1, 0.15) is 11.1 Å². The Morgan fingerprint density at radius 3 is 2.00 bits per heavy atom. The Labute approximate surface area is 138 Å². The van der Waals surface area contributed by atoms with Gasteiger partial charge in [-0.3, -0.25) is 9.98 Å². The summed E-state index contributed by atoms with van der Waals surface area (Å²) in [4.78, 5) is 9.10. The van der Waals surface area contributed by atoms with E-state index in [1.54, 1.807) is 12.4 Å². The first-order chi connectivity index (χ1) is 10.1. The second kappa shape index (κ2) is 5.80. The summed E-state index contributed by atoms with van der Waals surface area (Å²) in [6.07, 6.45) is 4.00. The SMILES string of the molecule is Clc1cc(CC2(c3ccccc3)N=CC=N2)cc(Cl)c1Cl. The molecule has 1 heterocycles. The molecule has 0 spiro atoms. The van der Waals surface area contributed by atoms with Gasteiger partial charge in [-0.15, -0.1) is 0 Å². The maximum atomic E-state index is 6.10. The molecule has 106 valence electrons. The van der Waals surface area contributed by atoms with Crippen molar-refractivity contribution in [3.63, 3.8) is 0 Å². The van der Waals surface area contributed by atoms with E-state index in [0.29, 0.717) is 21.5 Å². The number of halogens is 3. The molecular weight excluding hydrogens is 327 g/mol. The Morgan fingerprint density at radius 1 is 0.857 bits per heavy atom. The van der Waals surface area contributed by atoms with E-state index in [9.17, 15) is 0 Å². The first kappa shape index (κ1) is 14.6. The normalized spacial score (nSPS) is 15.6. The molecule has 0 aliphatic carbocycles. The van der Waals surface area contributed by atoms with Crippen LogP contribution in [-0.4, -0.2) is 12.4 Å². The van der Waals surface area contributed by atoms with Gasteiger partial charge in [-0.25, -0.2) is 0 Å². The van der Waals surface area contributed by atoms with Gasteiger partial charge < -0.3 is 0 Å². The lowest BCUT2D eigenvalue weighted by molar-refractivity contribution is 0.482. The van der Waals surface area contributed by atoms with Crippen molar-refractivity contribution in [3.05, 3.63) is 68.7 Å². The molecule has 2 aromatic carbocycles. The fraction of sp³-hybridized carbons (Fsp3) is 0.125. The summed E-state index contributed by atoms with van der Waals surface area (Å²) in [5, 5.41) is 1.25. The number of rotatable bonds is 3. The summed E-state index contributed by atoms with van der Waals surface area (Å²) in [6, 6.07) is 13.6. The molecule has 0 aromatic heterocycles. The molecule has 5 heteroatoms. The van der Waals surface area contributed by atoms with Crippen molar-refractivity contribution in [2.75, 3.05) is 0 Å². The molecule has 3 rings (SSSR count). The molecule has 0 bridgehead atoms. The van der Waals surface area contributed by atoms with E-state index in [2.05, 4.69) is 9.98 Å². The lowest BCUT2D eigenvalue weighted by Gasteiger charge is -2.24. The summed E-state index contributed by atoms with van der Waals surface area (Å²) in [6.45, 7) is 0. The third-order valence-corrected chi connectivity index (χ3v) is 4.57. The Kier molecular flexibility index (Phi) is 4.03. The molecule has 0 N–H and O–H groups in total. The van der Waals surface area contributed by atoms with Gasteiger partial charge in [0.15, 0.2) is 5.66 Å². The number of aliphatic imine (C=N–C) groups is 2. The highest BCUT2D eigenvalue weighted by Crippen LogP contribution is 2.37. The first-order valence-corrected chi connectivity index (χ1v) is 7.52. The van der Waals surface area contributed by atoms with E-state index in [4.69, 9.17) is 34.8 Å². The topological polar surface area (TPSA) is 24.7 Å². The van der Waals surface area contributed by atoms with Gasteiger partial charge in [0.1, 0.15) is 0 Å². The zero-order valence-corrected chi connectivity index (χ0v) is 13.2. The fourth-order valence-electron chi connectivity index (χ4n) is 2.39. The number of nitrogens with zero attached hydrogens (tertiary/aromatic N) is 2. The van der Waals surface area contributed by atoms with Crippen molar-refractivity contribution >= 4 is 47.2 Å². The minimum absolute atomic E-state index is 0.370. The van der Waals surface area contributed by atoms with E-state index >= 15 is 0 Å². The quantitative estimate of drug-likeness (QED) is 0.688. The second-order valence-corrected chi connectivity index (χ2v) is 5.98. The van der Waals surface area contributed by atoms with E-state index in [0.717, 1.165) is 11.1 Å². The van der Waals surface area contributed by atoms with Crippen molar-refractivity contribution in [1.82, 2.24) is 0 Å². The Morgan fingerprint density at radius 2 is 1.43 bits per heavy atom. The molecule has 1 aliphatic heterocycles. The van der Waals surface area contributed by atoms with E-state index < -0.39 is 5.66 Å². The van der Waals surface area contributed by atoms with Crippen LogP contribution in [0.25, 0.3) is 0 Å². The number of hydrogen-bond acceptors (Lipinski definition) is 2. The summed E-state index contributed by atoms with van der Waals surface area (Å²) in [5.74, 6) is 0. The summed E-state index contributed by atoms with van der Waals surface area (Å²) in [5.41, 5.74) is 1.31. The summed E-state index contributed by atoms with van der Waals surface area (Å²) in [7, 11) is 0. The highest BCUT2D eigenvalue weighted by molar-refractivity contribution is 6.48. The van der Waals surface area contributed by atoms with E-state index in [1.807, 2.05) is 42.5 Å². The maximum Gasteiger partial charge on any atom is 0.179 e. The molecule has 0 atom stereocenters. The van der Waals surface area contributed by atoms with Gasteiger partial charge in [-0.2, -0.15) is 0 Å². The lowest BCUT2D eigenvalue weighted by Crippen LogP contribution is -2.22. The molecule has 0 unspecified atom stereocenters. The Hall–Kier alpha value is -1.35. The average Bonchev–Trinajstić information content (AvgIpc) is 2.95. The zero-order valence-electron chi connectivity index (χ0n) is 10.9. The van der Waals surface area contributed by atoms with Gasteiger partial charge in [-0.1, -0.05) is 65.1 Å². The predicted octanol–water partition coefficient (Wildman–Crippen LogP) is 5.20. The van der Waals surface area contributed by atoms with Crippen LogP contribution in [0.3, 0.4) is 0 Å². The molecule has 0 saturated carbocycles. The van der Waals surface area contributed by atoms with Gasteiger partial charge in [0.25, 0.3) is 0 Å². The smallest absolute Gasteiger partial charge is 0.179 e. The first-order valence-electron chi connectivity index (χ1n) is 6.39. The summed E-state index contributed by atoms with van der Waals surface area (Å²) < 4.78 is 0. The van der Waals surface area contributed by atoms with Gasteiger partial charge >= 0.3 is 0 Å². The number of benzene rings is 2. The summed E-state index contributed by atoms with van der Waals surface area (Å²) >= 11 is 18.2. The van der Waals surface area contributed by atoms with Crippen molar-refractivity contribution in [3.8, 4) is 0 Å². The van der Waals surface area contributed by atoms with Crippen LogP contribution in [0.15, 0.2) is 52.4 Å². The molecule has 0 fully saturated rings. The molecule has 1 aliphatic rings. The van der Waals surface area contributed by atoms with Crippen LogP contribution in [0, 0.1) is 0 Å².